The Labute approximate surface area is 162 Å². The third-order valence-electron chi connectivity index (χ3n) is 5.10. The summed E-state index contributed by atoms with van der Waals surface area (Å²) in [6, 6.07) is 10.2. The second kappa shape index (κ2) is 7.77. The van der Waals surface area contributed by atoms with E-state index in [-0.39, 0.29) is 17.9 Å². The molecule has 0 unspecified atom stereocenters. The van der Waals surface area contributed by atoms with E-state index < -0.39 is 0 Å². The first-order valence-corrected chi connectivity index (χ1v) is 9.67. The Morgan fingerprint density at radius 3 is 2.44 bits per heavy atom. The van der Waals surface area contributed by atoms with Crippen LogP contribution in [-0.4, -0.2) is 43.2 Å². The van der Waals surface area contributed by atoms with Gasteiger partial charge in [0.2, 0.25) is 0 Å². The highest BCUT2D eigenvalue weighted by Gasteiger charge is 2.23. The van der Waals surface area contributed by atoms with Gasteiger partial charge in [-0.15, -0.1) is 0 Å². The van der Waals surface area contributed by atoms with Gasteiger partial charge in [-0.1, -0.05) is 12.1 Å². The number of morpholine rings is 1. The number of hydrogen-bond acceptors (Lipinski definition) is 4. The van der Waals surface area contributed by atoms with E-state index in [2.05, 4.69) is 48.5 Å². The molecule has 0 amide bonds. The minimum Gasteiger partial charge on any atom is -0.378 e. The maximum absolute atomic E-state index is 12.9. The average molecular weight is 370 g/mol. The van der Waals surface area contributed by atoms with Crippen LogP contribution in [0.15, 0.2) is 30.3 Å². The minimum atomic E-state index is -0.0386. The lowest BCUT2D eigenvalue weighted by atomic mass is 10.1. The van der Waals surface area contributed by atoms with E-state index in [1.165, 1.54) is 0 Å². The quantitative estimate of drug-likeness (QED) is 0.810. The van der Waals surface area contributed by atoms with Crippen LogP contribution in [0.3, 0.4) is 0 Å². The van der Waals surface area contributed by atoms with Crippen molar-refractivity contribution in [3.8, 4) is 0 Å². The first-order valence-electron chi connectivity index (χ1n) is 9.67. The monoisotopic (exact) mass is 369 g/mol. The lowest BCUT2D eigenvalue weighted by Gasteiger charge is -2.30. The number of carbonyl (C=O) groups excluding carboxylic acids is 1. The number of nitrogens with one attached hydrogen (secondary N) is 1. The molecule has 1 saturated heterocycles. The van der Waals surface area contributed by atoms with Crippen LogP contribution >= 0.6 is 0 Å². The van der Waals surface area contributed by atoms with E-state index >= 15 is 0 Å². The standard InChI is InChI=1S/C22H31N3O2/c1-16-14-18(17(2)25(16)22(3,4)5)21(26)15-23-19-8-6-7-9-20(19)24-10-12-27-13-11-24/h6-9,14,23H,10-13,15H2,1-5H3. The van der Waals surface area contributed by atoms with Crippen LogP contribution in [0.4, 0.5) is 11.4 Å². The van der Waals surface area contributed by atoms with Crippen molar-refractivity contribution in [2.24, 2.45) is 0 Å². The highest BCUT2D eigenvalue weighted by Crippen LogP contribution is 2.27. The molecular weight excluding hydrogens is 338 g/mol. The van der Waals surface area contributed by atoms with Gasteiger partial charge >= 0.3 is 0 Å². The van der Waals surface area contributed by atoms with Crippen LogP contribution in [0.25, 0.3) is 0 Å². The number of hydrogen-bond donors (Lipinski definition) is 1. The van der Waals surface area contributed by atoms with Gasteiger partial charge < -0.3 is 19.5 Å². The van der Waals surface area contributed by atoms with Gasteiger partial charge in [-0.2, -0.15) is 0 Å². The summed E-state index contributed by atoms with van der Waals surface area (Å²) in [6.45, 7) is 14.1. The first-order chi connectivity index (χ1) is 12.8. The number of benzene rings is 1. The fourth-order valence-electron chi connectivity index (χ4n) is 4.05. The summed E-state index contributed by atoms with van der Waals surface area (Å²) < 4.78 is 7.69. The predicted octanol–water partition coefficient (Wildman–Crippen LogP) is 3.99. The molecule has 2 heterocycles. The van der Waals surface area contributed by atoms with Crippen LogP contribution in [0.5, 0.6) is 0 Å². The van der Waals surface area contributed by atoms with E-state index in [0.29, 0.717) is 0 Å². The topological polar surface area (TPSA) is 46.5 Å². The molecule has 0 aliphatic carbocycles. The van der Waals surface area contributed by atoms with E-state index in [9.17, 15) is 4.79 Å². The second-order valence-electron chi connectivity index (χ2n) is 8.18. The minimum absolute atomic E-state index is 0.0386. The number of ether oxygens (including phenoxy) is 1. The Kier molecular flexibility index (Phi) is 5.61. The van der Waals surface area contributed by atoms with Gasteiger partial charge in [-0.3, -0.25) is 4.79 Å². The molecule has 5 heteroatoms. The maximum Gasteiger partial charge on any atom is 0.183 e. The zero-order chi connectivity index (χ0) is 19.6. The molecule has 1 N–H and O–H groups in total. The third-order valence-corrected chi connectivity index (χ3v) is 5.10. The lowest BCUT2D eigenvalue weighted by Crippen LogP contribution is -2.36. The molecule has 3 rings (SSSR count). The highest BCUT2D eigenvalue weighted by molar-refractivity contribution is 6.00. The smallest absolute Gasteiger partial charge is 0.183 e. The van der Waals surface area contributed by atoms with Gasteiger partial charge in [0.15, 0.2) is 5.78 Å². The van der Waals surface area contributed by atoms with Gasteiger partial charge in [-0.05, 0) is 52.8 Å². The van der Waals surface area contributed by atoms with Crippen molar-refractivity contribution in [2.45, 2.75) is 40.2 Å². The lowest BCUT2D eigenvalue weighted by molar-refractivity contribution is 0.100. The number of para-hydroxylation sites is 2. The number of carbonyl (C=O) groups is 1. The molecule has 1 aliphatic rings. The van der Waals surface area contributed by atoms with Gasteiger partial charge in [0.05, 0.1) is 31.1 Å². The maximum atomic E-state index is 12.9. The number of rotatable bonds is 5. The number of aromatic nitrogens is 1. The van der Waals surface area contributed by atoms with E-state index in [1.54, 1.807) is 0 Å². The molecular formula is C22H31N3O2. The van der Waals surface area contributed by atoms with E-state index in [0.717, 1.165) is 54.6 Å². The van der Waals surface area contributed by atoms with Crippen LogP contribution in [0.1, 0.15) is 42.5 Å². The third kappa shape index (κ3) is 4.19. The van der Waals surface area contributed by atoms with E-state index in [1.807, 2.05) is 31.2 Å². The Morgan fingerprint density at radius 2 is 1.81 bits per heavy atom. The largest absolute Gasteiger partial charge is 0.378 e. The molecule has 0 radical (unpaired) electrons. The number of aryl methyl sites for hydroxylation is 1. The van der Waals surface area contributed by atoms with Gasteiger partial charge in [-0.25, -0.2) is 0 Å². The van der Waals surface area contributed by atoms with Crippen molar-refractivity contribution in [1.29, 1.82) is 0 Å². The molecule has 2 aromatic rings. The summed E-state index contributed by atoms with van der Waals surface area (Å²) in [5.74, 6) is 0.121. The normalized spacial score (nSPS) is 15.1. The van der Waals surface area contributed by atoms with Crippen molar-refractivity contribution >= 4 is 17.2 Å². The van der Waals surface area contributed by atoms with Gasteiger partial charge in [0, 0.05) is 35.6 Å². The van der Waals surface area contributed by atoms with Crippen LogP contribution in [-0.2, 0) is 10.3 Å². The Bertz CT molecular complexity index is 811. The summed E-state index contributed by atoms with van der Waals surface area (Å²) >= 11 is 0. The molecule has 5 nitrogen and oxygen atoms in total. The Morgan fingerprint density at radius 1 is 1.15 bits per heavy atom. The SMILES string of the molecule is Cc1cc(C(=O)CNc2ccccc2N2CCOCC2)c(C)n1C(C)(C)C. The summed E-state index contributed by atoms with van der Waals surface area (Å²) in [4.78, 5) is 15.2. The number of ketones is 1. The summed E-state index contributed by atoms with van der Waals surface area (Å²) in [7, 11) is 0. The second-order valence-corrected chi connectivity index (χ2v) is 8.18. The molecule has 1 aromatic carbocycles. The van der Waals surface area contributed by atoms with Crippen molar-refractivity contribution in [3.63, 3.8) is 0 Å². The van der Waals surface area contributed by atoms with Crippen molar-refractivity contribution in [1.82, 2.24) is 4.57 Å². The summed E-state index contributed by atoms with van der Waals surface area (Å²) in [5.41, 5.74) is 5.05. The number of anilines is 2. The zero-order valence-corrected chi connectivity index (χ0v) is 17.1. The molecule has 0 atom stereocenters. The fraction of sp³-hybridized carbons (Fsp3) is 0.500. The number of nitrogens with zero attached hydrogens (tertiary/aromatic N) is 2. The molecule has 1 aliphatic heterocycles. The average Bonchev–Trinajstić information content (AvgIpc) is 2.95. The Hall–Kier alpha value is -2.27. The Balaban J connectivity index is 1.76. The summed E-state index contributed by atoms with van der Waals surface area (Å²) in [5, 5.41) is 3.36. The van der Waals surface area contributed by atoms with Crippen LogP contribution < -0.4 is 10.2 Å². The zero-order valence-electron chi connectivity index (χ0n) is 17.1. The summed E-state index contributed by atoms with van der Waals surface area (Å²) in [6.07, 6.45) is 0. The molecule has 0 saturated carbocycles. The molecule has 27 heavy (non-hydrogen) atoms. The number of Topliss-reactive ketones (excluding diaryl/α,β-unsaturated/α-hetero) is 1. The van der Waals surface area contributed by atoms with Crippen molar-refractivity contribution < 1.29 is 9.53 Å². The molecule has 146 valence electrons. The van der Waals surface area contributed by atoms with Gasteiger partial charge in [0.1, 0.15) is 0 Å². The highest BCUT2D eigenvalue weighted by atomic mass is 16.5. The van der Waals surface area contributed by atoms with Gasteiger partial charge in [0.25, 0.3) is 0 Å². The molecule has 0 bridgehead atoms. The molecule has 1 fully saturated rings. The predicted molar refractivity (Wildman–Crippen MR) is 111 cm³/mol. The fourth-order valence-corrected chi connectivity index (χ4v) is 4.05. The van der Waals surface area contributed by atoms with Crippen molar-refractivity contribution in [3.05, 3.63) is 47.3 Å². The van der Waals surface area contributed by atoms with Crippen LogP contribution in [0, 0.1) is 13.8 Å². The van der Waals surface area contributed by atoms with Crippen molar-refractivity contribution in [2.75, 3.05) is 43.1 Å². The first kappa shape index (κ1) is 19.5. The molecule has 0 spiro atoms. The van der Waals surface area contributed by atoms with E-state index in [4.69, 9.17) is 4.74 Å². The van der Waals surface area contributed by atoms with Crippen LogP contribution in [0.2, 0.25) is 0 Å². The molecule has 1 aromatic heterocycles.